The summed E-state index contributed by atoms with van der Waals surface area (Å²) >= 11 is 3.31. The monoisotopic (exact) mass is 411 g/mol. The molecule has 0 bridgehead atoms. The minimum atomic E-state index is -0.500. The van der Waals surface area contributed by atoms with Crippen molar-refractivity contribution in [2.75, 3.05) is 13.2 Å². The zero-order valence-electron chi connectivity index (χ0n) is 15.3. The van der Waals surface area contributed by atoms with Gasteiger partial charge >= 0.3 is 5.97 Å². The Hall–Kier alpha value is -1.82. The Morgan fingerprint density at radius 1 is 1.20 bits per heavy atom. The molecule has 0 saturated heterocycles. The van der Waals surface area contributed by atoms with Crippen LogP contribution in [0.1, 0.15) is 56.8 Å². The average Bonchev–Trinajstić information content (AvgIpc) is 3.09. The standard InChI is InChI=1S/C17H20BrNO4.C2H6/c1-3-5-10-22-13-8-6-12(7-9-13)16-19-14(11-18)15(23-16)17(20)21-4-2;1-2/h6-9H,3-5,10-11H2,1-2H3;1-2H3. The van der Waals surface area contributed by atoms with Crippen LogP contribution in [-0.2, 0) is 10.1 Å². The molecule has 138 valence electrons. The van der Waals surface area contributed by atoms with E-state index in [1.165, 1.54) is 0 Å². The Kier molecular flexibility index (Phi) is 9.92. The zero-order chi connectivity index (χ0) is 18.7. The van der Waals surface area contributed by atoms with Crippen molar-refractivity contribution in [3.63, 3.8) is 0 Å². The van der Waals surface area contributed by atoms with Crippen LogP contribution in [0.25, 0.3) is 11.5 Å². The Balaban J connectivity index is 0.00000151. The van der Waals surface area contributed by atoms with E-state index in [9.17, 15) is 4.79 Å². The van der Waals surface area contributed by atoms with Crippen molar-refractivity contribution in [1.82, 2.24) is 4.98 Å². The second-order valence-electron chi connectivity index (χ2n) is 4.88. The van der Waals surface area contributed by atoms with E-state index in [-0.39, 0.29) is 5.76 Å². The number of aromatic nitrogens is 1. The molecule has 0 N–H and O–H groups in total. The van der Waals surface area contributed by atoms with Crippen LogP contribution < -0.4 is 4.74 Å². The number of alkyl halides is 1. The predicted octanol–water partition coefficient (Wildman–Crippen LogP) is 5.62. The molecule has 0 atom stereocenters. The van der Waals surface area contributed by atoms with E-state index in [0.717, 1.165) is 24.2 Å². The molecule has 1 aromatic carbocycles. The second-order valence-corrected chi connectivity index (χ2v) is 5.44. The van der Waals surface area contributed by atoms with E-state index in [0.29, 0.717) is 30.1 Å². The number of hydrogen-bond donors (Lipinski definition) is 0. The van der Waals surface area contributed by atoms with Gasteiger partial charge in [0, 0.05) is 10.9 Å². The molecular weight excluding hydrogens is 386 g/mol. The van der Waals surface area contributed by atoms with Crippen LogP contribution in [0.5, 0.6) is 5.75 Å². The lowest BCUT2D eigenvalue weighted by Crippen LogP contribution is -2.05. The molecule has 0 radical (unpaired) electrons. The molecule has 1 aromatic heterocycles. The van der Waals surface area contributed by atoms with Gasteiger partial charge in [-0.1, -0.05) is 43.1 Å². The maximum Gasteiger partial charge on any atom is 0.376 e. The van der Waals surface area contributed by atoms with E-state index in [1.54, 1.807) is 6.92 Å². The molecule has 0 aliphatic rings. The van der Waals surface area contributed by atoms with Gasteiger partial charge in [-0.2, -0.15) is 0 Å². The summed E-state index contributed by atoms with van der Waals surface area (Å²) in [4.78, 5) is 16.2. The van der Waals surface area contributed by atoms with Crippen LogP contribution >= 0.6 is 15.9 Å². The Morgan fingerprint density at radius 3 is 2.44 bits per heavy atom. The number of esters is 1. The van der Waals surface area contributed by atoms with Gasteiger partial charge in [-0.15, -0.1) is 0 Å². The minimum absolute atomic E-state index is 0.141. The fraction of sp³-hybridized carbons (Fsp3) is 0.474. The first-order valence-corrected chi connectivity index (χ1v) is 9.77. The second kappa shape index (κ2) is 11.7. The Labute approximate surface area is 157 Å². The number of rotatable bonds is 8. The predicted molar refractivity (Wildman–Crippen MR) is 102 cm³/mol. The van der Waals surface area contributed by atoms with Crippen LogP contribution in [0.2, 0.25) is 0 Å². The summed E-state index contributed by atoms with van der Waals surface area (Å²) in [5, 5.41) is 0.420. The highest BCUT2D eigenvalue weighted by atomic mass is 79.9. The summed E-state index contributed by atoms with van der Waals surface area (Å²) in [6, 6.07) is 7.46. The van der Waals surface area contributed by atoms with Gasteiger partial charge in [0.25, 0.3) is 0 Å². The summed E-state index contributed by atoms with van der Waals surface area (Å²) < 4.78 is 16.2. The molecule has 0 unspecified atom stereocenters. The maximum atomic E-state index is 11.9. The largest absolute Gasteiger partial charge is 0.494 e. The molecule has 2 rings (SSSR count). The fourth-order valence-corrected chi connectivity index (χ4v) is 2.33. The van der Waals surface area contributed by atoms with Crippen LogP contribution in [0.4, 0.5) is 0 Å². The van der Waals surface area contributed by atoms with E-state index in [1.807, 2.05) is 38.1 Å². The quantitative estimate of drug-likeness (QED) is 0.320. The maximum absolute atomic E-state index is 11.9. The van der Waals surface area contributed by atoms with Crippen LogP contribution in [0.15, 0.2) is 28.7 Å². The number of ether oxygens (including phenoxy) is 2. The van der Waals surface area contributed by atoms with Crippen molar-refractivity contribution >= 4 is 21.9 Å². The highest BCUT2D eigenvalue weighted by Crippen LogP contribution is 2.26. The molecule has 6 heteroatoms. The summed E-state index contributed by atoms with van der Waals surface area (Å²) in [6.45, 7) is 8.87. The number of nitrogens with zero attached hydrogens (tertiary/aromatic N) is 1. The summed E-state index contributed by atoms with van der Waals surface area (Å²) in [5.74, 6) is 0.838. The highest BCUT2D eigenvalue weighted by molar-refractivity contribution is 9.08. The minimum Gasteiger partial charge on any atom is -0.494 e. The van der Waals surface area contributed by atoms with Crippen molar-refractivity contribution in [3.8, 4) is 17.2 Å². The van der Waals surface area contributed by atoms with Crippen molar-refractivity contribution < 1.29 is 18.7 Å². The number of carbonyl (C=O) groups is 1. The molecule has 25 heavy (non-hydrogen) atoms. The number of oxazole rings is 1. The molecule has 0 saturated carbocycles. The van der Waals surface area contributed by atoms with Crippen molar-refractivity contribution in [2.24, 2.45) is 0 Å². The number of hydrogen-bond acceptors (Lipinski definition) is 5. The third-order valence-electron chi connectivity index (χ3n) is 3.15. The number of carbonyl (C=O) groups excluding carboxylic acids is 1. The molecule has 0 aliphatic carbocycles. The van der Waals surface area contributed by atoms with Crippen LogP contribution in [-0.4, -0.2) is 24.2 Å². The topological polar surface area (TPSA) is 61.6 Å². The van der Waals surface area contributed by atoms with Gasteiger partial charge in [-0.25, -0.2) is 9.78 Å². The smallest absolute Gasteiger partial charge is 0.376 e. The summed E-state index contributed by atoms with van der Waals surface area (Å²) in [5.41, 5.74) is 1.31. The Morgan fingerprint density at radius 2 is 1.88 bits per heavy atom. The van der Waals surface area contributed by atoms with E-state index < -0.39 is 5.97 Å². The van der Waals surface area contributed by atoms with Gasteiger partial charge < -0.3 is 13.9 Å². The molecule has 2 aromatic rings. The highest BCUT2D eigenvalue weighted by Gasteiger charge is 2.21. The van der Waals surface area contributed by atoms with E-state index in [4.69, 9.17) is 13.9 Å². The molecular formula is C19H26BrNO4. The third kappa shape index (κ3) is 6.20. The van der Waals surface area contributed by atoms with Gasteiger partial charge in [0.15, 0.2) is 0 Å². The summed E-state index contributed by atoms with van der Waals surface area (Å²) in [6.07, 6.45) is 2.12. The first kappa shape index (κ1) is 21.2. The van der Waals surface area contributed by atoms with Gasteiger partial charge in [0.1, 0.15) is 11.4 Å². The Bertz CT molecular complexity index is 637. The van der Waals surface area contributed by atoms with Crippen molar-refractivity contribution in [2.45, 2.75) is 45.9 Å². The van der Waals surface area contributed by atoms with Gasteiger partial charge in [0.05, 0.1) is 13.2 Å². The molecule has 5 nitrogen and oxygen atoms in total. The van der Waals surface area contributed by atoms with Gasteiger partial charge in [-0.3, -0.25) is 0 Å². The third-order valence-corrected chi connectivity index (χ3v) is 3.68. The van der Waals surface area contributed by atoms with E-state index in [2.05, 4.69) is 27.8 Å². The van der Waals surface area contributed by atoms with Crippen molar-refractivity contribution in [3.05, 3.63) is 35.7 Å². The fourth-order valence-electron chi connectivity index (χ4n) is 1.95. The molecule has 0 aliphatic heterocycles. The lowest BCUT2D eigenvalue weighted by Gasteiger charge is -2.05. The molecule has 1 heterocycles. The normalized spacial score (nSPS) is 9.96. The summed E-state index contributed by atoms with van der Waals surface area (Å²) in [7, 11) is 0. The van der Waals surface area contributed by atoms with E-state index >= 15 is 0 Å². The van der Waals surface area contributed by atoms with Crippen LogP contribution in [0.3, 0.4) is 0 Å². The lowest BCUT2D eigenvalue weighted by molar-refractivity contribution is 0.0490. The molecule has 0 spiro atoms. The SMILES string of the molecule is CC.CCCCOc1ccc(-c2nc(CBr)c(C(=O)OCC)o2)cc1. The number of benzene rings is 1. The molecule has 0 amide bonds. The van der Waals surface area contributed by atoms with Gasteiger partial charge in [-0.05, 0) is 37.6 Å². The lowest BCUT2D eigenvalue weighted by atomic mass is 10.2. The zero-order valence-corrected chi connectivity index (χ0v) is 16.9. The number of unbranched alkanes of at least 4 members (excludes halogenated alkanes) is 1. The van der Waals surface area contributed by atoms with Crippen molar-refractivity contribution in [1.29, 1.82) is 0 Å². The van der Waals surface area contributed by atoms with Gasteiger partial charge in [0.2, 0.25) is 11.7 Å². The molecule has 0 fully saturated rings. The number of halogens is 1. The van der Waals surface area contributed by atoms with Crippen LogP contribution in [0, 0.1) is 0 Å². The first-order valence-electron chi connectivity index (χ1n) is 8.65. The first-order chi connectivity index (χ1) is 12.2. The average molecular weight is 412 g/mol.